The lowest BCUT2D eigenvalue weighted by atomic mass is 9.82. The number of rotatable bonds is 18. The lowest BCUT2D eigenvalue weighted by Crippen LogP contribution is -2.15. The van der Waals surface area contributed by atoms with E-state index in [9.17, 15) is 4.79 Å². The Morgan fingerprint density at radius 3 is 2.33 bits per heavy atom. The summed E-state index contributed by atoms with van der Waals surface area (Å²) in [6, 6.07) is 0. The first-order valence-corrected chi connectivity index (χ1v) is 15.1. The van der Waals surface area contributed by atoms with Gasteiger partial charge in [-0.05, 0) is 70.1 Å². The summed E-state index contributed by atoms with van der Waals surface area (Å²) in [5.41, 5.74) is 4.09. The van der Waals surface area contributed by atoms with Gasteiger partial charge in [0, 0.05) is 12.3 Å². The van der Waals surface area contributed by atoms with Gasteiger partial charge in [-0.25, -0.2) is 0 Å². The molecule has 0 N–H and O–H groups in total. The molecule has 0 aromatic rings. The fourth-order valence-electron chi connectivity index (χ4n) is 5.14. The molecule has 1 saturated carbocycles. The van der Waals surface area contributed by atoms with Gasteiger partial charge >= 0.3 is 0 Å². The van der Waals surface area contributed by atoms with Crippen molar-refractivity contribution in [3.8, 4) is 0 Å². The van der Waals surface area contributed by atoms with E-state index in [1.165, 1.54) is 68.1 Å². The van der Waals surface area contributed by atoms with Crippen LogP contribution in [0.1, 0.15) is 131 Å². The van der Waals surface area contributed by atoms with Gasteiger partial charge < -0.3 is 0 Å². The number of carbonyl (C=O) groups is 1. The molecule has 0 heterocycles. The zero-order valence-electron chi connectivity index (χ0n) is 24.8. The molecular formula is C35H58O. The van der Waals surface area contributed by atoms with Crippen LogP contribution in [0, 0.1) is 23.7 Å². The Labute approximate surface area is 225 Å². The minimum atomic E-state index is 0.126. The van der Waals surface area contributed by atoms with E-state index >= 15 is 0 Å². The van der Waals surface area contributed by atoms with Crippen LogP contribution in [-0.2, 0) is 4.79 Å². The third kappa shape index (κ3) is 14.8. The predicted octanol–water partition coefficient (Wildman–Crippen LogP) is 11.1. The smallest absolute Gasteiger partial charge is 0.136 e. The number of carbonyl (C=O) groups excluding carboxylic acids is 1. The maximum atomic E-state index is 12.8. The van der Waals surface area contributed by atoms with Gasteiger partial charge in [0.1, 0.15) is 5.78 Å². The molecule has 0 saturated heterocycles. The molecule has 3 atom stereocenters. The molecule has 0 aliphatic heterocycles. The average molecular weight is 495 g/mol. The van der Waals surface area contributed by atoms with E-state index in [0.717, 1.165) is 43.9 Å². The van der Waals surface area contributed by atoms with Crippen LogP contribution in [0.2, 0.25) is 0 Å². The number of Topliss-reactive ketones (excluding diaryl/α,β-unsaturated/α-hetero) is 1. The van der Waals surface area contributed by atoms with Crippen molar-refractivity contribution in [3.05, 3.63) is 59.8 Å². The van der Waals surface area contributed by atoms with E-state index in [1.54, 1.807) is 0 Å². The predicted molar refractivity (Wildman–Crippen MR) is 161 cm³/mol. The molecule has 0 aromatic carbocycles. The second kappa shape index (κ2) is 19.5. The summed E-state index contributed by atoms with van der Waals surface area (Å²) in [6.45, 7) is 17.6. The summed E-state index contributed by atoms with van der Waals surface area (Å²) in [5, 5.41) is 0. The topological polar surface area (TPSA) is 17.1 Å². The number of ketones is 1. The highest BCUT2D eigenvalue weighted by Crippen LogP contribution is 2.31. The van der Waals surface area contributed by atoms with Crippen LogP contribution in [0.5, 0.6) is 0 Å². The first kappa shape index (κ1) is 32.4. The molecule has 1 rings (SSSR count). The highest BCUT2D eigenvalue weighted by molar-refractivity contribution is 5.81. The lowest BCUT2D eigenvalue weighted by Gasteiger charge is -2.24. The summed E-state index contributed by atoms with van der Waals surface area (Å²) in [6.07, 6.45) is 30.0. The quantitative estimate of drug-likeness (QED) is 0.137. The minimum absolute atomic E-state index is 0.126. The zero-order chi connectivity index (χ0) is 26.8. The molecule has 0 aromatic heterocycles. The molecule has 0 radical (unpaired) electrons. The minimum Gasteiger partial charge on any atom is -0.299 e. The van der Waals surface area contributed by atoms with Crippen LogP contribution in [0.3, 0.4) is 0 Å². The first-order chi connectivity index (χ1) is 17.3. The molecule has 1 nitrogen and oxygen atoms in total. The van der Waals surface area contributed by atoms with Crippen molar-refractivity contribution >= 4 is 5.78 Å². The summed E-state index contributed by atoms with van der Waals surface area (Å²) < 4.78 is 0. The van der Waals surface area contributed by atoms with E-state index < -0.39 is 0 Å². The second-order valence-corrected chi connectivity index (χ2v) is 11.7. The number of hydrogen-bond acceptors (Lipinski definition) is 1. The van der Waals surface area contributed by atoms with Crippen molar-refractivity contribution in [1.29, 1.82) is 0 Å². The van der Waals surface area contributed by atoms with E-state index in [4.69, 9.17) is 0 Å². The summed E-state index contributed by atoms with van der Waals surface area (Å²) >= 11 is 0. The van der Waals surface area contributed by atoms with Crippen LogP contribution >= 0.6 is 0 Å². The van der Waals surface area contributed by atoms with E-state index in [0.29, 0.717) is 18.1 Å². The second-order valence-electron chi connectivity index (χ2n) is 11.7. The van der Waals surface area contributed by atoms with Gasteiger partial charge in [0.2, 0.25) is 0 Å². The Morgan fingerprint density at radius 2 is 1.67 bits per heavy atom. The molecule has 1 fully saturated rings. The van der Waals surface area contributed by atoms with Crippen LogP contribution in [0.4, 0.5) is 0 Å². The maximum absolute atomic E-state index is 12.8. The third-order valence-corrected chi connectivity index (χ3v) is 8.47. The molecule has 204 valence electrons. The number of allylic oxidation sites excluding steroid dienone is 9. The first-order valence-electron chi connectivity index (χ1n) is 15.1. The van der Waals surface area contributed by atoms with Crippen LogP contribution in [0.15, 0.2) is 59.8 Å². The SMILES string of the molecule is C=C(C/C=C(\C)C(C)CC(=O)C(C)CC/C=C/C=C/C=C(\C)CC)C[C@H](CC)CCC1CCCCC1. The van der Waals surface area contributed by atoms with Crippen molar-refractivity contribution in [2.24, 2.45) is 23.7 Å². The summed E-state index contributed by atoms with van der Waals surface area (Å²) in [4.78, 5) is 12.8. The van der Waals surface area contributed by atoms with Gasteiger partial charge in [0.05, 0.1) is 0 Å². The highest BCUT2D eigenvalue weighted by atomic mass is 16.1. The Morgan fingerprint density at radius 1 is 0.944 bits per heavy atom. The largest absolute Gasteiger partial charge is 0.299 e. The standard InChI is InChI=1S/C35H58O/c1-8-28(3)18-14-11-10-12-15-19-31(6)35(36)27-32(7)30(5)23-22-29(4)26-33(9-2)24-25-34-20-16-13-17-21-34/h10-12,14,18,23,31-34H,4,8-9,13,15-17,19-22,24-27H2,1-3,5-7H3/b12-10+,14-11+,28-18+,30-23+/t31?,32?,33-/m1/s1. The zero-order valence-corrected chi connectivity index (χ0v) is 24.8. The molecule has 0 spiro atoms. The van der Waals surface area contributed by atoms with Gasteiger partial charge in [0.15, 0.2) is 0 Å². The molecule has 36 heavy (non-hydrogen) atoms. The van der Waals surface area contributed by atoms with E-state index in [1.807, 2.05) is 0 Å². The Bertz CT molecular complexity index is 741. The monoisotopic (exact) mass is 494 g/mol. The Kier molecular flexibility index (Phi) is 17.5. The molecule has 2 unspecified atom stereocenters. The maximum Gasteiger partial charge on any atom is 0.136 e. The van der Waals surface area contributed by atoms with Gasteiger partial charge in [0.25, 0.3) is 0 Å². The Balaban J connectivity index is 2.34. The average Bonchev–Trinajstić information content (AvgIpc) is 2.89. The van der Waals surface area contributed by atoms with Gasteiger partial charge in [-0.2, -0.15) is 0 Å². The molecule has 1 aliphatic rings. The molecule has 1 aliphatic carbocycles. The van der Waals surface area contributed by atoms with Crippen molar-refractivity contribution in [2.45, 2.75) is 131 Å². The highest BCUT2D eigenvalue weighted by Gasteiger charge is 2.18. The van der Waals surface area contributed by atoms with E-state index in [2.05, 4.69) is 84.6 Å². The van der Waals surface area contributed by atoms with Gasteiger partial charge in [-0.1, -0.05) is 132 Å². The van der Waals surface area contributed by atoms with Crippen LogP contribution in [0.25, 0.3) is 0 Å². The van der Waals surface area contributed by atoms with Gasteiger partial charge in [-0.3, -0.25) is 4.79 Å². The third-order valence-electron chi connectivity index (χ3n) is 8.47. The molecule has 1 heteroatoms. The van der Waals surface area contributed by atoms with Crippen molar-refractivity contribution in [1.82, 2.24) is 0 Å². The van der Waals surface area contributed by atoms with Crippen molar-refractivity contribution < 1.29 is 4.79 Å². The summed E-state index contributed by atoms with van der Waals surface area (Å²) in [5.74, 6) is 2.60. The van der Waals surface area contributed by atoms with E-state index in [-0.39, 0.29) is 5.92 Å². The normalized spacial score (nSPS) is 18.6. The molecular weight excluding hydrogens is 436 g/mol. The number of hydrogen-bond donors (Lipinski definition) is 0. The van der Waals surface area contributed by atoms with Crippen molar-refractivity contribution in [3.63, 3.8) is 0 Å². The van der Waals surface area contributed by atoms with Gasteiger partial charge in [-0.15, -0.1) is 0 Å². The molecule has 0 bridgehead atoms. The van der Waals surface area contributed by atoms with Crippen molar-refractivity contribution in [2.75, 3.05) is 0 Å². The fourth-order valence-corrected chi connectivity index (χ4v) is 5.14. The van der Waals surface area contributed by atoms with Crippen LogP contribution in [-0.4, -0.2) is 5.78 Å². The molecule has 0 amide bonds. The summed E-state index contributed by atoms with van der Waals surface area (Å²) in [7, 11) is 0. The Hall–Kier alpha value is -1.63. The van der Waals surface area contributed by atoms with Crippen LogP contribution < -0.4 is 0 Å². The lowest BCUT2D eigenvalue weighted by molar-refractivity contribution is -0.123. The fraction of sp³-hybridized carbons (Fsp3) is 0.686.